The van der Waals surface area contributed by atoms with Gasteiger partial charge in [-0.2, -0.15) is 0 Å². The van der Waals surface area contributed by atoms with Gasteiger partial charge in [0.15, 0.2) is 5.78 Å². The monoisotopic (exact) mass is 497 g/mol. The molecule has 2 aromatic rings. The second-order valence-corrected chi connectivity index (χ2v) is 9.83. The minimum Gasteiger partial charge on any atom is -0.381 e. The topological polar surface area (TPSA) is 44.4 Å². The van der Waals surface area contributed by atoms with E-state index in [1.807, 2.05) is 56.3 Å². The lowest BCUT2D eigenvalue weighted by atomic mass is 10.0. The third kappa shape index (κ3) is 9.41. The zero-order valence-corrected chi connectivity index (χ0v) is 22.3. The van der Waals surface area contributed by atoms with E-state index in [9.17, 15) is 4.79 Å². The minimum atomic E-state index is 0.141. The van der Waals surface area contributed by atoms with Crippen LogP contribution in [0.4, 0.5) is 0 Å². The van der Waals surface area contributed by atoms with E-state index in [1.54, 1.807) is 6.92 Å². The summed E-state index contributed by atoms with van der Waals surface area (Å²) in [6, 6.07) is 14.0. The van der Waals surface area contributed by atoms with Gasteiger partial charge >= 0.3 is 0 Å². The van der Waals surface area contributed by atoms with Gasteiger partial charge < -0.3 is 15.5 Å². The maximum atomic E-state index is 11.0. The van der Waals surface area contributed by atoms with Crippen molar-refractivity contribution in [3.8, 4) is 0 Å². The Bertz CT molecular complexity index is 1020. The fourth-order valence-corrected chi connectivity index (χ4v) is 4.19. The Morgan fingerprint density at radius 2 is 1.71 bits per heavy atom. The van der Waals surface area contributed by atoms with E-state index in [4.69, 9.17) is 23.8 Å². The summed E-state index contributed by atoms with van der Waals surface area (Å²) in [6.45, 7) is 15.9. The molecule has 0 aromatic heterocycles. The van der Waals surface area contributed by atoms with Crippen LogP contribution in [0.1, 0.15) is 46.8 Å². The molecule has 0 radical (unpaired) electrons. The number of carbonyl (C=O) groups is 1. The van der Waals surface area contributed by atoms with Gasteiger partial charge in [-0.1, -0.05) is 72.9 Å². The van der Waals surface area contributed by atoms with Gasteiger partial charge in [0.2, 0.25) is 0 Å². The normalized spacial score (nSPS) is 13.9. The molecule has 0 bridgehead atoms. The van der Waals surface area contributed by atoms with E-state index >= 15 is 0 Å². The van der Waals surface area contributed by atoms with Crippen LogP contribution in [0.25, 0.3) is 0 Å². The van der Waals surface area contributed by atoms with Crippen molar-refractivity contribution in [2.24, 2.45) is 0 Å². The summed E-state index contributed by atoms with van der Waals surface area (Å²) in [5.41, 5.74) is 5.77. The zero-order chi connectivity index (χ0) is 25.3. The Labute approximate surface area is 215 Å². The number of aryl methyl sites for hydroxylation is 2. The summed E-state index contributed by atoms with van der Waals surface area (Å²) in [5, 5.41) is 7.36. The van der Waals surface area contributed by atoms with Crippen LogP contribution in [0.5, 0.6) is 0 Å². The van der Waals surface area contributed by atoms with E-state index in [-0.39, 0.29) is 5.78 Å². The van der Waals surface area contributed by atoms with E-state index in [0.29, 0.717) is 12.5 Å². The van der Waals surface area contributed by atoms with Gasteiger partial charge in [-0.3, -0.25) is 4.79 Å². The van der Waals surface area contributed by atoms with Crippen LogP contribution >= 0.6 is 23.8 Å². The molecule has 4 nitrogen and oxygen atoms in total. The molecule has 0 spiro atoms. The summed E-state index contributed by atoms with van der Waals surface area (Å²) in [5.74, 6) is 0.141. The van der Waals surface area contributed by atoms with Crippen LogP contribution in [-0.2, 0) is 6.42 Å². The van der Waals surface area contributed by atoms with Crippen molar-refractivity contribution in [3.05, 3.63) is 94.3 Å². The molecule has 34 heavy (non-hydrogen) atoms. The van der Waals surface area contributed by atoms with Crippen LogP contribution in [0.2, 0.25) is 5.02 Å². The molecule has 0 unspecified atom stereocenters. The van der Waals surface area contributed by atoms with Crippen LogP contribution in [-0.4, -0.2) is 41.9 Å². The van der Waals surface area contributed by atoms with Gasteiger partial charge in [0.25, 0.3) is 0 Å². The van der Waals surface area contributed by atoms with E-state index in [2.05, 4.69) is 35.7 Å². The molecule has 0 amide bonds. The first-order chi connectivity index (χ1) is 16.0. The largest absolute Gasteiger partial charge is 0.381 e. The lowest BCUT2D eigenvalue weighted by Crippen LogP contribution is -2.41. The molecule has 1 aliphatic heterocycles. The maximum Gasteiger partial charge on any atom is 0.160 e. The van der Waals surface area contributed by atoms with Gasteiger partial charge in [0, 0.05) is 23.0 Å². The second-order valence-electron chi connectivity index (χ2n) is 8.90. The molecule has 6 heteroatoms. The minimum absolute atomic E-state index is 0.141. The summed E-state index contributed by atoms with van der Waals surface area (Å²) in [4.78, 5) is 14.0. The number of halogens is 1. The van der Waals surface area contributed by atoms with Crippen LogP contribution in [0.3, 0.4) is 0 Å². The molecular weight excluding hydrogens is 462 g/mol. The predicted octanol–water partition coefficient (Wildman–Crippen LogP) is 6.02. The van der Waals surface area contributed by atoms with Crippen molar-refractivity contribution in [1.29, 1.82) is 0 Å². The van der Waals surface area contributed by atoms with Crippen LogP contribution in [0, 0.1) is 13.8 Å². The molecule has 1 saturated heterocycles. The average molecular weight is 498 g/mol. The lowest BCUT2D eigenvalue weighted by Gasteiger charge is -2.31. The van der Waals surface area contributed by atoms with E-state index in [1.165, 1.54) is 5.56 Å². The fraction of sp³-hybridized carbons (Fsp3) is 0.357. The third-order valence-corrected chi connectivity index (χ3v) is 6.29. The number of ketones is 1. The van der Waals surface area contributed by atoms with Crippen molar-refractivity contribution >= 4 is 34.6 Å². The van der Waals surface area contributed by atoms with Gasteiger partial charge in [-0.15, -0.1) is 0 Å². The number of hydrogen-bond donors (Lipinski definition) is 2. The molecule has 0 aliphatic carbocycles. The molecular formula is C28H36ClN3OS. The molecule has 2 N–H and O–H groups in total. The van der Waals surface area contributed by atoms with Crippen molar-refractivity contribution in [1.82, 2.24) is 15.5 Å². The summed E-state index contributed by atoms with van der Waals surface area (Å²) < 4.78 is 0. The van der Waals surface area contributed by atoms with Crippen LogP contribution < -0.4 is 10.6 Å². The Kier molecular flexibility index (Phi) is 11.0. The number of likely N-dealkylation sites (tertiary alicyclic amines) is 1. The lowest BCUT2D eigenvalue weighted by molar-refractivity contribution is 0.101. The highest BCUT2D eigenvalue weighted by Crippen LogP contribution is 2.13. The Hall–Kier alpha value is -2.47. The van der Waals surface area contributed by atoms with Crippen molar-refractivity contribution < 1.29 is 4.79 Å². The smallest absolute Gasteiger partial charge is 0.160 e. The Morgan fingerprint density at radius 1 is 1.09 bits per heavy atom. The van der Waals surface area contributed by atoms with Gasteiger partial charge in [-0.05, 0) is 77.0 Å². The molecule has 1 fully saturated rings. The number of nitrogens with one attached hydrogen (secondary N) is 2. The average Bonchev–Trinajstić information content (AvgIpc) is 2.77. The molecule has 0 saturated carbocycles. The van der Waals surface area contributed by atoms with Crippen molar-refractivity contribution in [3.63, 3.8) is 0 Å². The highest BCUT2D eigenvalue weighted by Gasteiger charge is 2.17. The number of piperidine rings is 1. The fourth-order valence-electron chi connectivity index (χ4n) is 3.77. The summed E-state index contributed by atoms with van der Waals surface area (Å²) >= 11 is 11.3. The number of hydrogen-bond acceptors (Lipinski definition) is 4. The van der Waals surface area contributed by atoms with E-state index in [0.717, 1.165) is 64.0 Å². The molecule has 182 valence electrons. The van der Waals surface area contributed by atoms with E-state index < -0.39 is 0 Å². The molecule has 1 heterocycles. The first kappa shape index (κ1) is 27.8. The molecule has 1 aliphatic rings. The number of nitrogens with zero attached hydrogens (tertiary/aromatic N) is 1. The van der Waals surface area contributed by atoms with Crippen molar-refractivity contribution in [2.75, 3.05) is 20.1 Å². The Balaban J connectivity index is 0.000000310. The highest BCUT2D eigenvalue weighted by atomic mass is 35.5. The number of Topliss-reactive ketones (excluding diaryl/α,β-unsaturated/α-hetero) is 1. The standard InChI is InChI=1S/C18H24ClN3S.C10H12O/c1-13(20-17-8-10-22(3)11-9-17)14(2)21-18(23)12-15-4-6-16(19)7-5-15;1-7-4-5-10(9(3)11)8(2)6-7/h4-7,17,20H,1-2,8-12H2,3H3,(H,21,23);4-6H,1-3H3. The maximum absolute atomic E-state index is 11.0. The highest BCUT2D eigenvalue weighted by molar-refractivity contribution is 7.80. The van der Waals surface area contributed by atoms with Gasteiger partial charge in [0.1, 0.15) is 0 Å². The molecule has 0 atom stereocenters. The van der Waals surface area contributed by atoms with Gasteiger partial charge in [-0.25, -0.2) is 0 Å². The number of rotatable bonds is 7. The molecule has 2 aromatic carbocycles. The SMILES string of the molecule is C=C(NC(=S)Cc1ccc(Cl)cc1)C(=C)NC1CCN(C)CC1.CC(=O)c1ccc(C)cc1C. The third-order valence-electron chi connectivity index (χ3n) is 5.79. The Morgan fingerprint density at radius 3 is 2.26 bits per heavy atom. The second kappa shape index (κ2) is 13.4. The zero-order valence-electron chi connectivity index (χ0n) is 20.7. The number of thiocarbonyl (C=S) groups is 1. The predicted molar refractivity (Wildman–Crippen MR) is 149 cm³/mol. The first-order valence-electron chi connectivity index (χ1n) is 11.5. The summed E-state index contributed by atoms with van der Waals surface area (Å²) in [7, 11) is 2.15. The quantitative estimate of drug-likeness (QED) is 0.278. The molecule has 3 rings (SSSR count). The number of benzene rings is 2. The first-order valence-corrected chi connectivity index (χ1v) is 12.3. The van der Waals surface area contributed by atoms with Crippen LogP contribution in [0.15, 0.2) is 67.0 Å². The number of carbonyl (C=O) groups excluding carboxylic acids is 1. The summed E-state index contributed by atoms with van der Waals surface area (Å²) in [6.07, 6.45) is 2.91. The van der Waals surface area contributed by atoms with Crippen molar-refractivity contribution in [2.45, 2.75) is 46.1 Å². The van der Waals surface area contributed by atoms with Gasteiger partial charge in [0.05, 0.1) is 16.4 Å².